The summed E-state index contributed by atoms with van der Waals surface area (Å²) in [6.45, 7) is 9.22. The van der Waals surface area contributed by atoms with Gasteiger partial charge in [-0.15, -0.1) is 0 Å². The van der Waals surface area contributed by atoms with Crippen molar-refractivity contribution in [2.75, 3.05) is 0 Å². The first-order valence-electron chi connectivity index (χ1n) is 6.83. The Morgan fingerprint density at radius 3 is 1.85 bits per heavy atom. The summed E-state index contributed by atoms with van der Waals surface area (Å²) in [4.78, 5) is 0. The Bertz CT molecular complexity index is 444. The Morgan fingerprint density at radius 2 is 1.50 bits per heavy atom. The first kappa shape index (κ1) is 17.0. The van der Waals surface area contributed by atoms with E-state index in [1.807, 2.05) is 0 Å². The van der Waals surface area contributed by atoms with E-state index in [1.54, 1.807) is 12.1 Å². The molecule has 0 amide bonds. The van der Waals surface area contributed by atoms with Gasteiger partial charge in [-0.25, -0.2) is 0 Å². The second-order valence-electron chi connectivity index (χ2n) is 6.26. The van der Waals surface area contributed by atoms with E-state index >= 15 is 0 Å². The fourth-order valence-corrected chi connectivity index (χ4v) is 2.02. The summed E-state index contributed by atoms with van der Waals surface area (Å²) in [7, 11) is 0. The third kappa shape index (κ3) is 3.17. The molecule has 0 aromatic heterocycles. The molecular weight excluding hydrogens is 265 g/mol. The molecule has 2 unspecified atom stereocenters. The molecular formula is C16H23F3O. The maximum Gasteiger partial charge on any atom is 0.421 e. The Kier molecular flexibility index (Phi) is 4.59. The molecule has 0 spiro atoms. The Labute approximate surface area is 118 Å². The molecule has 20 heavy (non-hydrogen) atoms. The van der Waals surface area contributed by atoms with Crippen molar-refractivity contribution >= 4 is 0 Å². The predicted octanol–water partition coefficient (Wildman–Crippen LogP) is 5.00. The zero-order valence-electron chi connectivity index (χ0n) is 12.7. The number of halogens is 3. The molecule has 0 saturated carbocycles. The van der Waals surface area contributed by atoms with E-state index in [9.17, 15) is 18.3 Å². The van der Waals surface area contributed by atoms with Crippen molar-refractivity contribution in [3.63, 3.8) is 0 Å². The molecule has 0 aliphatic rings. The molecule has 1 aromatic rings. The van der Waals surface area contributed by atoms with Crippen molar-refractivity contribution in [2.45, 2.75) is 58.7 Å². The Hall–Kier alpha value is -1.03. The lowest BCUT2D eigenvalue weighted by Gasteiger charge is -2.32. The fourth-order valence-electron chi connectivity index (χ4n) is 2.02. The van der Waals surface area contributed by atoms with Gasteiger partial charge in [-0.1, -0.05) is 58.4 Å². The second-order valence-corrected chi connectivity index (χ2v) is 6.26. The number of rotatable bonds is 4. The number of aliphatic hydroxyl groups is 1. The van der Waals surface area contributed by atoms with E-state index < -0.39 is 11.8 Å². The lowest BCUT2D eigenvalue weighted by Crippen LogP contribution is -2.39. The average molecular weight is 288 g/mol. The van der Waals surface area contributed by atoms with E-state index in [4.69, 9.17) is 0 Å². The summed E-state index contributed by atoms with van der Waals surface area (Å²) >= 11 is 0. The maximum absolute atomic E-state index is 12.8. The minimum Gasteiger partial charge on any atom is -0.376 e. The number of benzene rings is 1. The van der Waals surface area contributed by atoms with Crippen LogP contribution in [0.1, 0.15) is 58.1 Å². The summed E-state index contributed by atoms with van der Waals surface area (Å²) in [6, 6.07) is 6.09. The Morgan fingerprint density at radius 1 is 1.05 bits per heavy atom. The number of alkyl halides is 3. The monoisotopic (exact) mass is 288 g/mol. The van der Waals surface area contributed by atoms with Crippen molar-refractivity contribution in [1.82, 2.24) is 0 Å². The molecule has 1 nitrogen and oxygen atoms in total. The van der Waals surface area contributed by atoms with E-state index in [2.05, 4.69) is 27.7 Å². The Balaban J connectivity index is 3.07. The van der Waals surface area contributed by atoms with Gasteiger partial charge >= 0.3 is 6.18 Å². The van der Waals surface area contributed by atoms with Crippen molar-refractivity contribution in [2.24, 2.45) is 5.41 Å². The van der Waals surface area contributed by atoms with Gasteiger partial charge in [-0.05, 0) is 29.4 Å². The molecule has 1 N–H and O–H groups in total. The molecule has 0 fully saturated rings. The number of hydrogen-bond donors (Lipinski definition) is 1. The highest BCUT2D eigenvalue weighted by molar-refractivity contribution is 5.30. The molecule has 0 heterocycles. The normalized spacial score (nSPS) is 17.6. The molecule has 1 rings (SSSR count). The molecule has 4 heteroatoms. The highest BCUT2D eigenvalue weighted by Crippen LogP contribution is 2.41. The van der Waals surface area contributed by atoms with Gasteiger partial charge in [-0.2, -0.15) is 13.2 Å². The lowest BCUT2D eigenvalue weighted by molar-refractivity contribution is -0.258. The predicted molar refractivity (Wildman–Crippen MR) is 74.6 cm³/mol. The van der Waals surface area contributed by atoms with Gasteiger partial charge in [-0.3, -0.25) is 0 Å². The molecule has 0 aliphatic heterocycles. The minimum absolute atomic E-state index is 0.0774. The SMILES string of the molecule is CCC(C)(C)C(C)c1ccc(C(C)(O)C(F)(F)F)cc1. The summed E-state index contributed by atoms with van der Waals surface area (Å²) < 4.78 is 38.3. The van der Waals surface area contributed by atoms with E-state index in [1.165, 1.54) is 12.1 Å². The standard InChI is InChI=1S/C16H23F3O/c1-6-14(3,4)11(2)12-7-9-13(10-8-12)15(5,20)16(17,18)19/h7-11,20H,6H2,1-5H3. The van der Waals surface area contributed by atoms with Crippen molar-refractivity contribution < 1.29 is 18.3 Å². The van der Waals surface area contributed by atoms with Gasteiger partial charge in [0.25, 0.3) is 0 Å². The van der Waals surface area contributed by atoms with Crippen molar-refractivity contribution in [3.05, 3.63) is 35.4 Å². The first-order valence-corrected chi connectivity index (χ1v) is 6.83. The summed E-state index contributed by atoms with van der Waals surface area (Å²) in [6.07, 6.45) is -3.70. The van der Waals surface area contributed by atoms with E-state index in [0.29, 0.717) is 0 Å². The highest BCUT2D eigenvalue weighted by atomic mass is 19.4. The molecule has 2 atom stereocenters. The average Bonchev–Trinajstić information content (AvgIpc) is 2.36. The van der Waals surface area contributed by atoms with Crippen LogP contribution in [-0.4, -0.2) is 11.3 Å². The largest absolute Gasteiger partial charge is 0.421 e. The lowest BCUT2D eigenvalue weighted by atomic mass is 9.74. The zero-order valence-corrected chi connectivity index (χ0v) is 12.7. The van der Waals surface area contributed by atoms with Gasteiger partial charge in [0.05, 0.1) is 0 Å². The topological polar surface area (TPSA) is 20.2 Å². The van der Waals surface area contributed by atoms with Crippen molar-refractivity contribution in [1.29, 1.82) is 0 Å². The molecule has 0 radical (unpaired) electrons. The van der Waals surface area contributed by atoms with Crippen LogP contribution in [0.3, 0.4) is 0 Å². The molecule has 0 bridgehead atoms. The van der Waals surface area contributed by atoms with Gasteiger partial charge in [0.15, 0.2) is 5.60 Å². The first-order chi connectivity index (χ1) is 8.93. The summed E-state index contributed by atoms with van der Waals surface area (Å²) in [5.74, 6) is 0.234. The van der Waals surface area contributed by atoms with Crippen LogP contribution in [0.4, 0.5) is 13.2 Å². The third-order valence-corrected chi connectivity index (χ3v) is 4.61. The van der Waals surface area contributed by atoms with E-state index in [-0.39, 0.29) is 16.9 Å². The van der Waals surface area contributed by atoms with Crippen LogP contribution < -0.4 is 0 Å². The van der Waals surface area contributed by atoms with Crippen LogP contribution in [0, 0.1) is 5.41 Å². The van der Waals surface area contributed by atoms with Gasteiger partial charge < -0.3 is 5.11 Å². The van der Waals surface area contributed by atoms with E-state index in [0.717, 1.165) is 18.9 Å². The van der Waals surface area contributed by atoms with Crippen LogP contribution in [0.25, 0.3) is 0 Å². The third-order valence-electron chi connectivity index (χ3n) is 4.61. The maximum atomic E-state index is 12.8. The molecule has 0 aliphatic carbocycles. The van der Waals surface area contributed by atoms with Crippen LogP contribution in [0.5, 0.6) is 0 Å². The van der Waals surface area contributed by atoms with Crippen molar-refractivity contribution in [3.8, 4) is 0 Å². The highest BCUT2D eigenvalue weighted by Gasteiger charge is 2.51. The molecule has 114 valence electrons. The smallest absolute Gasteiger partial charge is 0.376 e. The molecule has 0 saturated heterocycles. The fraction of sp³-hybridized carbons (Fsp3) is 0.625. The van der Waals surface area contributed by atoms with Gasteiger partial charge in [0.2, 0.25) is 0 Å². The van der Waals surface area contributed by atoms with Crippen LogP contribution in [-0.2, 0) is 5.60 Å². The van der Waals surface area contributed by atoms with Crippen LogP contribution in [0.2, 0.25) is 0 Å². The van der Waals surface area contributed by atoms with Gasteiger partial charge in [0.1, 0.15) is 0 Å². The summed E-state index contributed by atoms with van der Waals surface area (Å²) in [5.41, 5.74) is -1.88. The second kappa shape index (κ2) is 5.40. The van der Waals surface area contributed by atoms with Crippen LogP contribution in [0.15, 0.2) is 24.3 Å². The van der Waals surface area contributed by atoms with Crippen LogP contribution >= 0.6 is 0 Å². The van der Waals surface area contributed by atoms with Gasteiger partial charge in [0, 0.05) is 0 Å². The molecule has 1 aromatic carbocycles. The quantitative estimate of drug-likeness (QED) is 0.827. The summed E-state index contributed by atoms with van der Waals surface area (Å²) in [5, 5.41) is 9.63. The number of hydrogen-bond acceptors (Lipinski definition) is 1. The zero-order chi connectivity index (χ0) is 15.8. The minimum atomic E-state index is -4.68.